The zero-order valence-corrected chi connectivity index (χ0v) is 36.5. The zero-order chi connectivity index (χ0) is 46.7. The van der Waals surface area contributed by atoms with E-state index in [-0.39, 0.29) is 103 Å². The molecule has 64 heavy (non-hydrogen) atoms. The van der Waals surface area contributed by atoms with E-state index in [0.29, 0.717) is 0 Å². The number of carboxylic acids is 8. The summed E-state index contributed by atoms with van der Waals surface area (Å²) in [5.41, 5.74) is -2.60. The smallest absolute Gasteiger partial charge is 0.664 e. The van der Waals surface area contributed by atoms with Gasteiger partial charge in [0.15, 0.2) is 0 Å². The summed E-state index contributed by atoms with van der Waals surface area (Å²) in [4.78, 5) is 108. The molecule has 5 rings (SSSR count). The van der Waals surface area contributed by atoms with Gasteiger partial charge >= 0.3 is 64.8 Å². The van der Waals surface area contributed by atoms with Crippen molar-refractivity contribution in [3.8, 4) is 0 Å². The third-order valence-electron chi connectivity index (χ3n) is 12.2. The van der Waals surface area contributed by atoms with E-state index in [4.69, 9.17) is 33.2 Å². The van der Waals surface area contributed by atoms with Crippen molar-refractivity contribution in [2.75, 3.05) is 0 Å². The fourth-order valence-corrected chi connectivity index (χ4v) is 9.90. The third-order valence-corrected chi connectivity index (χ3v) is 12.6. The van der Waals surface area contributed by atoms with Gasteiger partial charge in [0.2, 0.25) is 0 Å². The number of allylic oxidation sites excluding steroid dienone is 2. The molecule has 0 aromatic carbocycles. The number of carboxylic acid groups (broad SMARTS) is 8. The molecule has 8 bridgehead atoms. The molecule has 344 valence electrons. The molecule has 20 nitrogen and oxygen atoms in total. The van der Waals surface area contributed by atoms with Crippen LogP contribution in [0.3, 0.4) is 0 Å². The van der Waals surface area contributed by atoms with Crippen LogP contribution in [0.25, 0.3) is 27.7 Å². The van der Waals surface area contributed by atoms with Crippen LogP contribution in [-0.2, 0) is 81.1 Å². The molecule has 2 aromatic heterocycles. The molecule has 0 aliphatic carbocycles. The van der Waals surface area contributed by atoms with E-state index in [1.807, 2.05) is 0 Å². The Hall–Kier alpha value is -5.83. The molecule has 0 amide bonds. The molecule has 5 heterocycles. The van der Waals surface area contributed by atoms with Gasteiger partial charge in [0, 0.05) is 32.1 Å². The predicted molar refractivity (Wildman–Crippen MR) is 221 cm³/mol. The average molecular weight is 951 g/mol. The second-order valence-electron chi connectivity index (χ2n) is 16.5. The van der Waals surface area contributed by atoms with Gasteiger partial charge in [-0.1, -0.05) is 43.2 Å². The summed E-state index contributed by atoms with van der Waals surface area (Å²) in [6.07, 6.45) is -1.35. The van der Waals surface area contributed by atoms with Crippen molar-refractivity contribution in [3.05, 3.63) is 72.4 Å². The third kappa shape index (κ3) is 11.1. The fourth-order valence-electron chi connectivity index (χ4n) is 9.36. The first-order valence-corrected chi connectivity index (χ1v) is 20.3. The molecule has 22 heteroatoms. The van der Waals surface area contributed by atoms with Crippen LogP contribution in [0, 0.1) is 22.7 Å². The van der Waals surface area contributed by atoms with Gasteiger partial charge in [-0.2, -0.15) is 24.0 Å². The van der Waals surface area contributed by atoms with Gasteiger partial charge < -0.3 is 61.5 Å². The first-order chi connectivity index (χ1) is 29.4. The predicted octanol–water partition coefficient (Wildman–Crippen LogP) is 2.43. The normalized spacial score (nSPS) is 26.5. The molecular formula is C42H46FeN4O16S. The standard InChI is InChI=1S/C42H46N4O16S.Fe/c1-41(16-36(59)60)22(5-9-32(51)52)27-14-26-20(11-34(55)56)18(3-7-30(47)48)24(43-26)13-25-19(4-8-31(49)50)21(12-35(57)58)38(45-25)39(63)40-42(2,17-37(61)62)23(6-10-33(53)54)28(46-40)15-29(41)44-27;/h13-15,22-23,28,40,63H,3-12,16-17H2,1-2H3,(H,47,48)(H,49,50)(H,51,52)(H,53,54)(H,55,56)(H,57,58)(H,59,60)(H,61,62);/q-4;+4/b25-13-,27-14-,29-15-,39-38+;/t22-,23-,28?,40?,41+,42+;/m1./s1. The number of aromatic nitrogens is 2. The van der Waals surface area contributed by atoms with E-state index in [0.717, 1.165) is 0 Å². The Balaban J connectivity index is 0.00000898. The first-order valence-electron chi connectivity index (χ1n) is 19.8. The Morgan fingerprint density at radius 3 is 1.70 bits per heavy atom. The van der Waals surface area contributed by atoms with E-state index < -0.39 is 134 Å². The van der Waals surface area contributed by atoms with Crippen LogP contribution in [0.4, 0.5) is 0 Å². The molecule has 6 atom stereocenters. The van der Waals surface area contributed by atoms with Crippen molar-refractivity contribution in [2.45, 2.75) is 103 Å². The maximum absolute atomic E-state index is 12.7. The van der Waals surface area contributed by atoms with Crippen LogP contribution in [0.2, 0.25) is 0 Å². The summed E-state index contributed by atoms with van der Waals surface area (Å²) in [5.74, 6) is -12.2. The van der Waals surface area contributed by atoms with Crippen molar-refractivity contribution >= 4 is 77.4 Å². The molecular weight excluding hydrogens is 904 g/mol. The number of aliphatic carboxylic acids is 8. The van der Waals surface area contributed by atoms with E-state index in [1.54, 1.807) is 13.8 Å². The molecule has 2 unspecified atom stereocenters. The van der Waals surface area contributed by atoms with Crippen LogP contribution in [0.1, 0.15) is 98.9 Å². The second kappa shape index (κ2) is 20.3. The summed E-state index contributed by atoms with van der Waals surface area (Å²) in [5, 5.41) is 89.7. The Morgan fingerprint density at radius 2 is 1.16 bits per heavy atom. The molecule has 3 aliphatic rings. The maximum Gasteiger partial charge on any atom is 4.00 e. The van der Waals surface area contributed by atoms with Crippen molar-refractivity contribution in [1.82, 2.24) is 9.97 Å². The Bertz CT molecular complexity index is 2460. The van der Waals surface area contributed by atoms with Crippen molar-refractivity contribution in [3.63, 3.8) is 0 Å². The number of fused-ring (bicyclic) bond motifs is 8. The van der Waals surface area contributed by atoms with Crippen LogP contribution in [0.15, 0.2) is 17.5 Å². The minimum Gasteiger partial charge on any atom is -0.664 e. The minimum absolute atomic E-state index is 0. The average Bonchev–Trinajstić information content (AvgIpc) is 3.80. The Morgan fingerprint density at radius 1 is 0.625 bits per heavy atom. The van der Waals surface area contributed by atoms with Gasteiger partial charge in [-0.05, 0) is 64.4 Å². The molecule has 2 aromatic rings. The van der Waals surface area contributed by atoms with Gasteiger partial charge in [-0.25, -0.2) is 0 Å². The van der Waals surface area contributed by atoms with Crippen molar-refractivity contribution < 1.29 is 96.3 Å². The molecule has 0 spiro atoms. The van der Waals surface area contributed by atoms with E-state index in [1.165, 1.54) is 18.2 Å². The van der Waals surface area contributed by atoms with Gasteiger partial charge in [-0.15, -0.1) is 34.2 Å². The van der Waals surface area contributed by atoms with Crippen molar-refractivity contribution in [1.29, 1.82) is 0 Å². The van der Waals surface area contributed by atoms with Crippen LogP contribution in [0.5, 0.6) is 0 Å². The molecule has 2 fully saturated rings. The van der Waals surface area contributed by atoms with Gasteiger partial charge in [0.25, 0.3) is 0 Å². The number of thiol groups is 1. The van der Waals surface area contributed by atoms with E-state index >= 15 is 0 Å². The minimum atomic E-state index is -1.50. The maximum atomic E-state index is 12.7. The van der Waals surface area contributed by atoms with E-state index in [9.17, 15) is 79.2 Å². The Kier molecular flexibility index (Phi) is 16.1. The molecule has 2 saturated heterocycles. The summed E-state index contributed by atoms with van der Waals surface area (Å²) in [6.45, 7) is 3.10. The van der Waals surface area contributed by atoms with Gasteiger partial charge in [-0.3, -0.25) is 38.4 Å². The quantitative estimate of drug-likeness (QED) is 0.0680. The summed E-state index contributed by atoms with van der Waals surface area (Å²) < 4.78 is 0. The molecule has 8 N–H and O–H groups in total. The topological polar surface area (TPSA) is 355 Å². The van der Waals surface area contributed by atoms with E-state index in [2.05, 4.69) is 0 Å². The van der Waals surface area contributed by atoms with Crippen LogP contribution in [-0.4, -0.2) is 101 Å². The molecule has 0 radical (unpaired) electrons. The van der Waals surface area contributed by atoms with Gasteiger partial charge in [0.1, 0.15) is 0 Å². The van der Waals surface area contributed by atoms with Crippen LogP contribution >= 0.6 is 12.6 Å². The second-order valence-corrected chi connectivity index (χ2v) is 16.9. The summed E-state index contributed by atoms with van der Waals surface area (Å²) in [6, 6.07) is -2.36. The SMILES string of the molecule is C[C@@]1(CC(=O)O)/C2=C/C3[N-]C(/C(S)=c4\[n-]/c(c(CCC(=O)O)c4CC(=O)O)=C\c4[n-]c(c(CC(=O)O)c4CCC(=O)O)/C=C(\[N-]2)[C@H]1CCC(=O)O)[C@@](C)(CC(=O)O)[C@@H]3CCC(=O)O.[Fe+4]. The number of hydrogen-bond donors (Lipinski definition) is 9. The largest absolute Gasteiger partial charge is 4.00 e. The molecule has 0 saturated carbocycles. The molecule has 3 aliphatic heterocycles. The first kappa shape index (κ1) is 50.8. The Labute approximate surface area is 380 Å². The number of carbonyl (C=O) groups is 8. The summed E-state index contributed by atoms with van der Waals surface area (Å²) in [7, 11) is 0. The fraction of sp³-hybridized carbons (Fsp3) is 0.476. The van der Waals surface area contributed by atoms with Crippen molar-refractivity contribution in [2.24, 2.45) is 22.7 Å². The monoisotopic (exact) mass is 950 g/mol. The number of nitrogens with zero attached hydrogens (tertiary/aromatic N) is 4. The van der Waals surface area contributed by atoms with Gasteiger partial charge in [0.05, 0.1) is 19.3 Å². The number of hydrogen-bond acceptors (Lipinski definition) is 9. The van der Waals surface area contributed by atoms with Crippen LogP contribution < -0.4 is 20.7 Å². The summed E-state index contributed by atoms with van der Waals surface area (Å²) >= 11 is 4.85. The number of rotatable bonds is 20. The zero-order valence-electron chi connectivity index (χ0n) is 34.5.